The summed E-state index contributed by atoms with van der Waals surface area (Å²) in [4.78, 5) is 0. The number of halogens is 1. The largest absolute Gasteiger partial charge is 0.396 e. The number of nitrogens with zero attached hydrogens (tertiary/aromatic N) is 2. The lowest BCUT2D eigenvalue weighted by atomic mass is 10.2. The summed E-state index contributed by atoms with van der Waals surface area (Å²) in [6.45, 7) is 4.78. The summed E-state index contributed by atoms with van der Waals surface area (Å²) < 4.78 is 1.81. The highest BCUT2D eigenvalue weighted by atomic mass is 35.5. The Bertz CT molecular complexity index is 260. The van der Waals surface area contributed by atoms with Gasteiger partial charge in [0.05, 0.1) is 16.9 Å². The van der Waals surface area contributed by atoms with Gasteiger partial charge in [-0.25, -0.2) is 0 Å². The number of aliphatic hydroxyl groups excluding tert-OH is 1. The van der Waals surface area contributed by atoms with Gasteiger partial charge in [-0.3, -0.25) is 4.68 Å². The second kappa shape index (κ2) is 3.92. The number of aliphatic hydroxyl groups is 1. The second-order valence-corrected chi connectivity index (χ2v) is 3.45. The van der Waals surface area contributed by atoms with Gasteiger partial charge in [0, 0.05) is 13.2 Å². The molecule has 68 valence electrons. The molecule has 12 heavy (non-hydrogen) atoms. The van der Waals surface area contributed by atoms with Gasteiger partial charge in [-0.1, -0.05) is 18.5 Å². The molecule has 0 spiro atoms. The lowest BCUT2D eigenvalue weighted by molar-refractivity contribution is 0.218. The summed E-state index contributed by atoms with van der Waals surface area (Å²) in [6, 6.07) is 0. The van der Waals surface area contributed by atoms with Crippen LogP contribution in [0.15, 0.2) is 6.20 Å². The highest BCUT2D eigenvalue weighted by molar-refractivity contribution is 6.31. The zero-order valence-corrected chi connectivity index (χ0v) is 8.04. The first-order chi connectivity index (χ1) is 5.65. The van der Waals surface area contributed by atoms with Gasteiger partial charge in [0.2, 0.25) is 0 Å². The number of aromatic nitrogens is 2. The highest BCUT2D eigenvalue weighted by Gasteiger charge is 2.06. The van der Waals surface area contributed by atoms with E-state index in [-0.39, 0.29) is 12.5 Å². The molecule has 0 saturated heterocycles. The molecular formula is C8H13ClN2O. The average Bonchev–Trinajstić information content (AvgIpc) is 2.36. The monoisotopic (exact) mass is 188 g/mol. The molecule has 1 aromatic heterocycles. The SMILES string of the molecule is Cc1c(Cl)cnn1CC(C)CO. The lowest BCUT2D eigenvalue weighted by Crippen LogP contribution is -2.13. The standard InChI is InChI=1S/C8H13ClN2O/c1-6(5-12)4-11-7(2)8(9)3-10-11/h3,6,12H,4-5H2,1-2H3. The Labute approximate surface area is 77.0 Å². The Balaban J connectivity index is 2.69. The van der Waals surface area contributed by atoms with Crippen molar-refractivity contribution in [1.82, 2.24) is 9.78 Å². The maximum absolute atomic E-state index is 8.82. The van der Waals surface area contributed by atoms with Crippen molar-refractivity contribution in [3.8, 4) is 0 Å². The molecule has 0 aromatic carbocycles. The van der Waals surface area contributed by atoms with Crippen molar-refractivity contribution < 1.29 is 5.11 Å². The maximum Gasteiger partial charge on any atom is 0.0814 e. The van der Waals surface area contributed by atoms with E-state index in [4.69, 9.17) is 16.7 Å². The van der Waals surface area contributed by atoms with Crippen molar-refractivity contribution in [3.05, 3.63) is 16.9 Å². The van der Waals surface area contributed by atoms with Crippen LogP contribution >= 0.6 is 11.6 Å². The quantitative estimate of drug-likeness (QED) is 0.780. The van der Waals surface area contributed by atoms with E-state index in [9.17, 15) is 0 Å². The van der Waals surface area contributed by atoms with Gasteiger partial charge in [-0.2, -0.15) is 5.10 Å². The first kappa shape index (κ1) is 9.55. The molecule has 0 saturated carbocycles. The first-order valence-corrected chi connectivity index (χ1v) is 4.31. The van der Waals surface area contributed by atoms with Crippen molar-refractivity contribution in [1.29, 1.82) is 0 Å². The van der Waals surface area contributed by atoms with E-state index in [1.165, 1.54) is 0 Å². The average molecular weight is 189 g/mol. The van der Waals surface area contributed by atoms with Crippen LogP contribution in [0.2, 0.25) is 5.02 Å². The summed E-state index contributed by atoms with van der Waals surface area (Å²) in [5, 5.41) is 13.6. The molecule has 0 bridgehead atoms. The normalized spacial score (nSPS) is 13.3. The number of hydrogen-bond donors (Lipinski definition) is 1. The number of rotatable bonds is 3. The Hall–Kier alpha value is -0.540. The first-order valence-electron chi connectivity index (χ1n) is 3.94. The molecule has 0 aliphatic heterocycles. The molecule has 1 rings (SSSR count). The molecule has 3 nitrogen and oxygen atoms in total. The third-order valence-corrected chi connectivity index (χ3v) is 2.21. The Morgan fingerprint density at radius 1 is 1.75 bits per heavy atom. The van der Waals surface area contributed by atoms with Gasteiger partial charge >= 0.3 is 0 Å². The Kier molecular flexibility index (Phi) is 3.12. The van der Waals surface area contributed by atoms with E-state index in [1.807, 2.05) is 18.5 Å². The van der Waals surface area contributed by atoms with E-state index in [1.54, 1.807) is 6.20 Å². The molecule has 0 amide bonds. The van der Waals surface area contributed by atoms with E-state index in [0.717, 1.165) is 12.2 Å². The van der Waals surface area contributed by atoms with Gasteiger partial charge in [0.25, 0.3) is 0 Å². The van der Waals surface area contributed by atoms with Crippen LogP contribution in [0.4, 0.5) is 0 Å². The van der Waals surface area contributed by atoms with Gasteiger partial charge in [-0.05, 0) is 12.8 Å². The highest BCUT2D eigenvalue weighted by Crippen LogP contribution is 2.14. The fourth-order valence-electron chi connectivity index (χ4n) is 0.961. The lowest BCUT2D eigenvalue weighted by Gasteiger charge is -2.09. The fourth-order valence-corrected chi connectivity index (χ4v) is 1.10. The molecule has 1 unspecified atom stereocenters. The van der Waals surface area contributed by atoms with Crippen LogP contribution in [0.25, 0.3) is 0 Å². The van der Waals surface area contributed by atoms with Gasteiger partial charge in [-0.15, -0.1) is 0 Å². The van der Waals surface area contributed by atoms with E-state index in [0.29, 0.717) is 5.02 Å². The smallest absolute Gasteiger partial charge is 0.0814 e. The van der Waals surface area contributed by atoms with Crippen LogP contribution in [0.1, 0.15) is 12.6 Å². The zero-order valence-electron chi connectivity index (χ0n) is 7.29. The minimum Gasteiger partial charge on any atom is -0.396 e. The van der Waals surface area contributed by atoms with Gasteiger partial charge < -0.3 is 5.11 Å². The van der Waals surface area contributed by atoms with Crippen LogP contribution in [0.3, 0.4) is 0 Å². The Morgan fingerprint density at radius 2 is 2.42 bits per heavy atom. The molecule has 0 aliphatic carbocycles. The summed E-state index contributed by atoms with van der Waals surface area (Å²) in [5.41, 5.74) is 0.956. The Morgan fingerprint density at radius 3 is 2.83 bits per heavy atom. The summed E-state index contributed by atoms with van der Waals surface area (Å²) in [5.74, 6) is 0.222. The van der Waals surface area contributed by atoms with Crippen molar-refractivity contribution >= 4 is 11.6 Å². The van der Waals surface area contributed by atoms with E-state index >= 15 is 0 Å². The minimum atomic E-state index is 0.177. The second-order valence-electron chi connectivity index (χ2n) is 3.05. The third-order valence-electron chi connectivity index (χ3n) is 1.84. The molecular weight excluding hydrogens is 176 g/mol. The fraction of sp³-hybridized carbons (Fsp3) is 0.625. The van der Waals surface area contributed by atoms with Crippen LogP contribution in [-0.4, -0.2) is 21.5 Å². The van der Waals surface area contributed by atoms with Crippen LogP contribution in [0, 0.1) is 12.8 Å². The molecule has 0 fully saturated rings. The molecule has 1 atom stereocenters. The predicted octanol–water partition coefficient (Wildman–Crippen LogP) is 1.47. The van der Waals surface area contributed by atoms with Crippen LogP contribution < -0.4 is 0 Å². The summed E-state index contributed by atoms with van der Waals surface area (Å²) >= 11 is 5.81. The van der Waals surface area contributed by atoms with Crippen molar-refractivity contribution in [2.24, 2.45) is 5.92 Å². The molecule has 1 heterocycles. The predicted molar refractivity (Wildman–Crippen MR) is 48.2 cm³/mol. The van der Waals surface area contributed by atoms with Gasteiger partial charge in [0.1, 0.15) is 0 Å². The zero-order chi connectivity index (χ0) is 9.14. The van der Waals surface area contributed by atoms with E-state index in [2.05, 4.69) is 5.10 Å². The van der Waals surface area contributed by atoms with E-state index < -0.39 is 0 Å². The van der Waals surface area contributed by atoms with Crippen molar-refractivity contribution in [2.45, 2.75) is 20.4 Å². The van der Waals surface area contributed by atoms with Gasteiger partial charge in [0.15, 0.2) is 0 Å². The van der Waals surface area contributed by atoms with Crippen molar-refractivity contribution in [2.75, 3.05) is 6.61 Å². The van der Waals surface area contributed by atoms with Crippen LogP contribution in [0.5, 0.6) is 0 Å². The van der Waals surface area contributed by atoms with Crippen molar-refractivity contribution in [3.63, 3.8) is 0 Å². The molecule has 0 aliphatic rings. The maximum atomic E-state index is 8.82. The molecule has 1 N–H and O–H groups in total. The molecule has 1 aromatic rings. The topological polar surface area (TPSA) is 38.0 Å². The summed E-state index contributed by atoms with van der Waals surface area (Å²) in [6.07, 6.45) is 1.63. The molecule has 0 radical (unpaired) electrons. The summed E-state index contributed by atoms with van der Waals surface area (Å²) in [7, 11) is 0. The molecule has 4 heteroatoms. The van der Waals surface area contributed by atoms with Crippen LogP contribution in [-0.2, 0) is 6.54 Å². The third kappa shape index (κ3) is 1.99. The number of hydrogen-bond acceptors (Lipinski definition) is 2. The minimum absolute atomic E-state index is 0.177.